The summed E-state index contributed by atoms with van der Waals surface area (Å²) >= 11 is 0. The van der Waals surface area contributed by atoms with Crippen molar-refractivity contribution in [3.63, 3.8) is 0 Å². The summed E-state index contributed by atoms with van der Waals surface area (Å²) < 4.78 is 19.0. The highest BCUT2D eigenvalue weighted by Gasteiger charge is 2.15. The molecule has 1 atom stereocenters. The van der Waals surface area contributed by atoms with Crippen LogP contribution >= 0.6 is 0 Å². The van der Waals surface area contributed by atoms with Crippen molar-refractivity contribution in [2.75, 3.05) is 13.2 Å². The number of halogens is 1. The zero-order valence-corrected chi connectivity index (χ0v) is 11.6. The number of para-hydroxylation sites is 1. The van der Waals surface area contributed by atoms with Crippen LogP contribution in [-0.2, 0) is 6.54 Å². The highest BCUT2D eigenvalue weighted by atomic mass is 19.1. The lowest BCUT2D eigenvalue weighted by atomic mass is 10.1. The van der Waals surface area contributed by atoms with Crippen LogP contribution in [0.4, 0.5) is 4.39 Å². The van der Waals surface area contributed by atoms with Crippen LogP contribution in [-0.4, -0.2) is 35.1 Å². The van der Waals surface area contributed by atoms with E-state index >= 15 is 0 Å². The monoisotopic (exact) mass is 271 g/mol. The zero-order chi connectivity index (χ0) is 14.5. The number of nitrogens with one attached hydrogen (secondary N) is 1. The van der Waals surface area contributed by atoms with Gasteiger partial charge in [-0.05, 0) is 26.8 Å². The fourth-order valence-corrected chi connectivity index (χ4v) is 1.45. The van der Waals surface area contributed by atoms with E-state index in [4.69, 9.17) is 9.84 Å². The minimum Gasteiger partial charge on any atom is -0.487 e. The maximum absolute atomic E-state index is 13.7. The number of hydrogen-bond acceptors (Lipinski definition) is 4. The maximum Gasteiger partial charge on any atom is 0.165 e. The third kappa shape index (κ3) is 5.55. The molecule has 0 aromatic heterocycles. The molecule has 0 amide bonds. The first-order valence-electron chi connectivity index (χ1n) is 6.27. The van der Waals surface area contributed by atoms with Gasteiger partial charge in [0.25, 0.3) is 0 Å². The third-order valence-electron chi connectivity index (χ3n) is 2.49. The summed E-state index contributed by atoms with van der Waals surface area (Å²) in [5.74, 6) is -0.356. The molecule has 0 radical (unpaired) electrons. The number of aliphatic hydroxyl groups excluding tert-OH is 2. The Bertz CT molecular complexity index is 404. The number of ether oxygens (including phenoxy) is 1. The molecule has 0 aliphatic rings. The largest absolute Gasteiger partial charge is 0.487 e. The van der Waals surface area contributed by atoms with Gasteiger partial charge >= 0.3 is 0 Å². The van der Waals surface area contributed by atoms with E-state index in [1.807, 2.05) is 20.8 Å². The molecular weight excluding hydrogens is 249 g/mol. The molecule has 0 aliphatic carbocycles. The van der Waals surface area contributed by atoms with Crippen LogP contribution in [0.3, 0.4) is 0 Å². The molecule has 0 spiro atoms. The fourth-order valence-electron chi connectivity index (χ4n) is 1.45. The Labute approximate surface area is 113 Å². The first-order chi connectivity index (χ1) is 8.83. The number of aliphatic hydroxyl groups is 2. The van der Waals surface area contributed by atoms with E-state index in [2.05, 4.69) is 5.32 Å². The number of hydrogen-bond donors (Lipinski definition) is 3. The van der Waals surface area contributed by atoms with E-state index in [1.54, 1.807) is 12.1 Å². The van der Waals surface area contributed by atoms with Crippen LogP contribution in [0.5, 0.6) is 5.75 Å². The summed E-state index contributed by atoms with van der Waals surface area (Å²) in [6.45, 7) is 5.96. The van der Waals surface area contributed by atoms with Gasteiger partial charge in [-0.25, -0.2) is 4.39 Å². The van der Waals surface area contributed by atoms with Crippen LogP contribution in [0.25, 0.3) is 0 Å². The van der Waals surface area contributed by atoms with Crippen LogP contribution in [0.2, 0.25) is 0 Å². The predicted octanol–water partition coefficient (Wildman–Crippen LogP) is 1.45. The van der Waals surface area contributed by atoms with E-state index in [9.17, 15) is 9.50 Å². The van der Waals surface area contributed by atoms with E-state index in [-0.39, 0.29) is 17.9 Å². The Kier molecular flexibility index (Phi) is 5.72. The minimum absolute atomic E-state index is 0.0891. The molecule has 0 bridgehead atoms. The lowest BCUT2D eigenvalue weighted by Crippen LogP contribution is -2.35. The van der Waals surface area contributed by atoms with Crippen molar-refractivity contribution in [3.8, 4) is 5.75 Å². The molecule has 108 valence electrons. The standard InChI is InChI=1S/C14H22FNO3/c1-14(2,3)16-7-10-5-4-6-12(15)13(10)19-9-11(18)8-17/h4-6,11,16-18H,7-9H2,1-3H3. The van der Waals surface area contributed by atoms with Crippen LogP contribution in [0, 0.1) is 5.82 Å². The van der Waals surface area contributed by atoms with E-state index in [0.717, 1.165) is 0 Å². The Morgan fingerprint density at radius 3 is 2.63 bits per heavy atom. The molecule has 0 heterocycles. The quantitative estimate of drug-likeness (QED) is 0.733. The summed E-state index contributed by atoms with van der Waals surface area (Å²) in [6.07, 6.45) is -1.01. The van der Waals surface area contributed by atoms with E-state index in [1.165, 1.54) is 6.07 Å². The van der Waals surface area contributed by atoms with Crippen molar-refractivity contribution in [2.24, 2.45) is 0 Å². The maximum atomic E-state index is 13.7. The zero-order valence-electron chi connectivity index (χ0n) is 11.6. The van der Waals surface area contributed by atoms with Crippen molar-refractivity contribution in [2.45, 2.75) is 39.0 Å². The summed E-state index contributed by atoms with van der Waals surface area (Å²) in [5.41, 5.74) is 0.592. The molecule has 19 heavy (non-hydrogen) atoms. The van der Waals surface area contributed by atoms with E-state index < -0.39 is 18.5 Å². The molecule has 0 aliphatic heterocycles. The average Bonchev–Trinajstić information content (AvgIpc) is 2.33. The first-order valence-corrected chi connectivity index (χ1v) is 6.27. The second-order valence-corrected chi connectivity index (χ2v) is 5.48. The number of benzene rings is 1. The summed E-state index contributed by atoms with van der Waals surface area (Å²) in [5, 5.41) is 21.2. The molecule has 1 aromatic carbocycles. The molecule has 0 saturated carbocycles. The molecule has 0 fully saturated rings. The average molecular weight is 271 g/mol. The Morgan fingerprint density at radius 2 is 2.05 bits per heavy atom. The molecule has 4 nitrogen and oxygen atoms in total. The van der Waals surface area contributed by atoms with Gasteiger partial charge in [0.1, 0.15) is 12.7 Å². The second-order valence-electron chi connectivity index (χ2n) is 5.48. The van der Waals surface area contributed by atoms with Gasteiger partial charge in [0.2, 0.25) is 0 Å². The van der Waals surface area contributed by atoms with Gasteiger partial charge in [-0.3, -0.25) is 0 Å². The Balaban J connectivity index is 2.77. The van der Waals surface area contributed by atoms with Gasteiger partial charge in [-0.2, -0.15) is 0 Å². The van der Waals surface area contributed by atoms with Gasteiger partial charge < -0.3 is 20.3 Å². The highest BCUT2D eigenvalue weighted by molar-refractivity contribution is 5.35. The van der Waals surface area contributed by atoms with Crippen LogP contribution < -0.4 is 10.1 Å². The van der Waals surface area contributed by atoms with Gasteiger partial charge in [-0.1, -0.05) is 12.1 Å². The SMILES string of the molecule is CC(C)(C)NCc1cccc(F)c1OCC(O)CO. The lowest BCUT2D eigenvalue weighted by molar-refractivity contribution is 0.0519. The Hall–Kier alpha value is -1.17. The second kappa shape index (κ2) is 6.84. The number of rotatable bonds is 6. The first kappa shape index (κ1) is 15.9. The van der Waals surface area contributed by atoms with Crippen molar-refractivity contribution in [1.29, 1.82) is 0 Å². The minimum atomic E-state index is -1.01. The molecule has 5 heteroatoms. The van der Waals surface area contributed by atoms with Gasteiger partial charge in [0.15, 0.2) is 11.6 Å². The van der Waals surface area contributed by atoms with Gasteiger partial charge in [0, 0.05) is 17.6 Å². The molecule has 0 saturated heterocycles. The lowest BCUT2D eigenvalue weighted by Gasteiger charge is -2.22. The topological polar surface area (TPSA) is 61.7 Å². The Morgan fingerprint density at radius 1 is 1.37 bits per heavy atom. The van der Waals surface area contributed by atoms with Crippen LogP contribution in [0.15, 0.2) is 18.2 Å². The summed E-state index contributed by atoms with van der Waals surface area (Å²) in [4.78, 5) is 0. The predicted molar refractivity (Wildman–Crippen MR) is 71.6 cm³/mol. The molecule has 3 N–H and O–H groups in total. The van der Waals surface area contributed by atoms with Crippen molar-refractivity contribution < 1.29 is 19.3 Å². The van der Waals surface area contributed by atoms with E-state index in [0.29, 0.717) is 12.1 Å². The highest BCUT2D eigenvalue weighted by Crippen LogP contribution is 2.23. The van der Waals surface area contributed by atoms with Crippen molar-refractivity contribution in [3.05, 3.63) is 29.6 Å². The fraction of sp³-hybridized carbons (Fsp3) is 0.571. The molecule has 1 rings (SSSR count). The van der Waals surface area contributed by atoms with Crippen molar-refractivity contribution in [1.82, 2.24) is 5.32 Å². The molecule has 1 unspecified atom stereocenters. The normalized spacial score (nSPS) is 13.4. The van der Waals surface area contributed by atoms with Crippen LogP contribution in [0.1, 0.15) is 26.3 Å². The molecule has 1 aromatic rings. The van der Waals surface area contributed by atoms with Gasteiger partial charge in [0.05, 0.1) is 6.61 Å². The van der Waals surface area contributed by atoms with Crippen molar-refractivity contribution >= 4 is 0 Å². The smallest absolute Gasteiger partial charge is 0.165 e. The summed E-state index contributed by atoms with van der Waals surface area (Å²) in [7, 11) is 0. The van der Waals surface area contributed by atoms with Gasteiger partial charge in [-0.15, -0.1) is 0 Å². The third-order valence-corrected chi connectivity index (χ3v) is 2.49. The molecular formula is C14H22FNO3. The summed E-state index contributed by atoms with van der Waals surface area (Å²) in [6, 6.07) is 4.69.